The number of aliphatic carboxylic acids is 1. The lowest BCUT2D eigenvalue weighted by molar-refractivity contribution is -0.137. The number of imidazole rings is 1. The third-order valence-electron chi connectivity index (χ3n) is 5.14. The number of rotatable bonds is 7. The van der Waals surface area contributed by atoms with Gasteiger partial charge in [-0.05, 0) is 29.8 Å². The SMILES string of the molecule is O=C(O)Cc1ccc(NC(=O)OCc2cn(-c3cc4nc(C(=O)O)c(=O)[nH]c4cc3C(F)(F)F)cn2)cc1. The summed E-state index contributed by atoms with van der Waals surface area (Å²) in [6, 6.07) is 7.56. The Morgan fingerprint density at radius 1 is 1.11 bits per heavy atom. The zero-order chi connectivity index (χ0) is 27.6. The average Bonchev–Trinajstić information content (AvgIpc) is 3.31. The Morgan fingerprint density at radius 2 is 1.82 bits per heavy atom. The van der Waals surface area contributed by atoms with Gasteiger partial charge in [-0.2, -0.15) is 13.2 Å². The lowest BCUT2D eigenvalue weighted by Gasteiger charge is -2.14. The van der Waals surface area contributed by atoms with Crippen molar-refractivity contribution in [3.63, 3.8) is 0 Å². The van der Waals surface area contributed by atoms with Crippen LogP contribution in [0.5, 0.6) is 0 Å². The number of ether oxygens (including phenoxy) is 1. The molecule has 0 radical (unpaired) electrons. The highest BCUT2D eigenvalue weighted by atomic mass is 19.4. The third-order valence-corrected chi connectivity index (χ3v) is 5.14. The van der Waals surface area contributed by atoms with Crippen LogP contribution in [0.2, 0.25) is 0 Å². The topological polar surface area (TPSA) is 176 Å². The Hall–Kier alpha value is -5.21. The smallest absolute Gasteiger partial charge is 0.418 e. The second-order valence-corrected chi connectivity index (χ2v) is 7.84. The molecule has 4 aromatic rings. The summed E-state index contributed by atoms with van der Waals surface area (Å²) >= 11 is 0. The Morgan fingerprint density at radius 3 is 2.45 bits per heavy atom. The van der Waals surface area contributed by atoms with Crippen LogP contribution in [0.1, 0.15) is 27.3 Å². The Kier molecular flexibility index (Phi) is 6.83. The van der Waals surface area contributed by atoms with Crippen LogP contribution in [0.25, 0.3) is 16.7 Å². The number of H-pyrrole nitrogens is 1. The first-order valence-electron chi connectivity index (χ1n) is 10.6. The molecule has 0 unspecified atom stereocenters. The average molecular weight is 531 g/mol. The second-order valence-electron chi connectivity index (χ2n) is 7.84. The number of carboxylic acids is 2. The fraction of sp³-hybridized carbons (Fsp3) is 0.130. The maximum atomic E-state index is 13.8. The van der Waals surface area contributed by atoms with Crippen molar-refractivity contribution in [1.29, 1.82) is 0 Å². The molecule has 2 aromatic heterocycles. The first kappa shape index (κ1) is 25.9. The molecule has 0 atom stereocenters. The number of anilines is 1. The number of fused-ring (bicyclic) bond motifs is 1. The van der Waals surface area contributed by atoms with Crippen LogP contribution >= 0.6 is 0 Å². The minimum absolute atomic E-state index is 0.0887. The van der Waals surface area contributed by atoms with Crippen molar-refractivity contribution in [2.75, 3.05) is 5.32 Å². The number of carbonyl (C=O) groups is 3. The van der Waals surface area contributed by atoms with Gasteiger partial charge < -0.3 is 24.5 Å². The number of benzene rings is 2. The number of nitrogens with one attached hydrogen (secondary N) is 2. The number of hydrogen-bond donors (Lipinski definition) is 4. The lowest BCUT2D eigenvalue weighted by Crippen LogP contribution is -2.20. The molecule has 0 spiro atoms. The second kappa shape index (κ2) is 10.0. The fourth-order valence-electron chi connectivity index (χ4n) is 3.45. The number of alkyl halides is 3. The molecule has 0 saturated heterocycles. The van der Waals surface area contributed by atoms with Gasteiger partial charge in [-0.15, -0.1) is 0 Å². The van der Waals surface area contributed by atoms with Crippen LogP contribution in [0.4, 0.5) is 23.7 Å². The number of aromatic nitrogens is 4. The Balaban J connectivity index is 1.53. The van der Waals surface area contributed by atoms with E-state index in [1.807, 2.05) is 0 Å². The summed E-state index contributed by atoms with van der Waals surface area (Å²) in [6.45, 7) is -0.403. The summed E-state index contributed by atoms with van der Waals surface area (Å²) in [5.74, 6) is -2.65. The van der Waals surface area contributed by atoms with Gasteiger partial charge in [0.05, 0.1) is 40.7 Å². The summed E-state index contributed by atoms with van der Waals surface area (Å²) in [4.78, 5) is 55.5. The van der Waals surface area contributed by atoms with Crippen molar-refractivity contribution in [2.24, 2.45) is 0 Å². The normalized spacial score (nSPS) is 11.3. The molecule has 38 heavy (non-hydrogen) atoms. The third kappa shape index (κ3) is 5.77. The molecule has 0 bridgehead atoms. The number of hydrogen-bond acceptors (Lipinski definition) is 7. The van der Waals surface area contributed by atoms with E-state index in [9.17, 15) is 32.3 Å². The Labute approximate surface area is 209 Å². The van der Waals surface area contributed by atoms with E-state index >= 15 is 0 Å². The van der Waals surface area contributed by atoms with Gasteiger partial charge in [0, 0.05) is 11.9 Å². The largest absolute Gasteiger partial charge is 0.481 e. The number of amides is 1. The highest BCUT2D eigenvalue weighted by Gasteiger charge is 2.35. The fourth-order valence-corrected chi connectivity index (χ4v) is 3.45. The summed E-state index contributed by atoms with van der Waals surface area (Å²) in [5.41, 5.74) is -3.22. The number of aromatic carboxylic acids is 1. The van der Waals surface area contributed by atoms with E-state index in [1.165, 1.54) is 30.5 Å². The van der Waals surface area contributed by atoms with E-state index < -0.39 is 53.3 Å². The maximum absolute atomic E-state index is 13.8. The van der Waals surface area contributed by atoms with Crippen molar-refractivity contribution in [2.45, 2.75) is 19.2 Å². The van der Waals surface area contributed by atoms with Gasteiger partial charge >= 0.3 is 24.2 Å². The standard InChI is InChI=1S/C23H16F3N5O7/c24-23(25,26)14-6-15-16(29-19(21(35)36)20(34)30-15)7-17(14)31-8-13(27-10-31)9-38-22(37)28-12-3-1-11(2-4-12)5-18(32)33/h1-4,6-8,10H,5,9H2,(H,28,37)(H,30,34)(H,32,33)(H,35,36). The van der Waals surface area contributed by atoms with Gasteiger partial charge in [0.25, 0.3) is 5.56 Å². The molecule has 1 amide bonds. The molecule has 4 N–H and O–H groups in total. The molecule has 4 rings (SSSR count). The molecule has 0 fully saturated rings. The molecule has 12 nitrogen and oxygen atoms in total. The van der Waals surface area contributed by atoms with Crippen molar-refractivity contribution in [1.82, 2.24) is 19.5 Å². The van der Waals surface area contributed by atoms with Gasteiger partial charge in [0.1, 0.15) is 6.61 Å². The molecule has 196 valence electrons. The number of nitrogens with zero attached hydrogens (tertiary/aromatic N) is 3. The van der Waals surface area contributed by atoms with E-state index in [1.54, 1.807) is 0 Å². The van der Waals surface area contributed by atoms with Crippen molar-refractivity contribution >= 4 is 34.8 Å². The van der Waals surface area contributed by atoms with Crippen LogP contribution < -0.4 is 10.9 Å². The van der Waals surface area contributed by atoms with E-state index in [4.69, 9.17) is 14.9 Å². The zero-order valence-electron chi connectivity index (χ0n) is 18.9. The highest BCUT2D eigenvalue weighted by molar-refractivity contribution is 5.88. The van der Waals surface area contributed by atoms with Gasteiger partial charge in [-0.1, -0.05) is 12.1 Å². The molecule has 2 heterocycles. The molecule has 0 aliphatic heterocycles. The van der Waals surface area contributed by atoms with Gasteiger partial charge in [-0.3, -0.25) is 14.9 Å². The van der Waals surface area contributed by atoms with Crippen LogP contribution in [-0.4, -0.2) is 47.8 Å². The summed E-state index contributed by atoms with van der Waals surface area (Å²) in [6.07, 6.45) is -3.71. The zero-order valence-corrected chi connectivity index (χ0v) is 18.9. The first-order valence-corrected chi connectivity index (χ1v) is 10.6. The van der Waals surface area contributed by atoms with Gasteiger partial charge in [-0.25, -0.2) is 19.6 Å². The highest BCUT2D eigenvalue weighted by Crippen LogP contribution is 2.35. The number of halogens is 3. The number of carbonyl (C=O) groups excluding carboxylic acids is 1. The van der Waals surface area contributed by atoms with E-state index in [-0.39, 0.29) is 23.1 Å². The van der Waals surface area contributed by atoms with Crippen LogP contribution in [0, 0.1) is 0 Å². The van der Waals surface area contributed by atoms with Crippen molar-refractivity contribution in [3.8, 4) is 5.69 Å². The van der Waals surface area contributed by atoms with E-state index in [0.29, 0.717) is 17.3 Å². The summed E-state index contributed by atoms with van der Waals surface area (Å²) < 4.78 is 47.4. The number of aromatic amines is 1. The van der Waals surface area contributed by atoms with E-state index in [0.717, 1.165) is 17.0 Å². The quantitative estimate of drug-likeness (QED) is 0.279. The van der Waals surface area contributed by atoms with Crippen LogP contribution in [0.15, 0.2) is 53.7 Å². The summed E-state index contributed by atoms with van der Waals surface area (Å²) in [5, 5.41) is 20.3. The molecule has 0 aliphatic carbocycles. The summed E-state index contributed by atoms with van der Waals surface area (Å²) in [7, 11) is 0. The number of carboxylic acid groups (broad SMARTS) is 2. The maximum Gasteiger partial charge on any atom is 0.418 e. The molecule has 0 saturated carbocycles. The lowest BCUT2D eigenvalue weighted by atomic mass is 10.1. The molecule has 2 aromatic carbocycles. The van der Waals surface area contributed by atoms with Crippen molar-refractivity contribution < 1.29 is 42.5 Å². The monoisotopic (exact) mass is 531 g/mol. The molecule has 15 heteroatoms. The van der Waals surface area contributed by atoms with Crippen molar-refractivity contribution in [3.05, 3.63) is 81.8 Å². The molecular formula is C23H16F3N5O7. The van der Waals surface area contributed by atoms with Crippen LogP contribution in [-0.2, 0) is 28.7 Å². The van der Waals surface area contributed by atoms with Gasteiger partial charge in [0.15, 0.2) is 0 Å². The molecular weight excluding hydrogens is 515 g/mol. The molecule has 0 aliphatic rings. The minimum atomic E-state index is -4.85. The predicted molar refractivity (Wildman–Crippen MR) is 123 cm³/mol. The van der Waals surface area contributed by atoms with Gasteiger partial charge in [0.2, 0.25) is 5.69 Å². The first-order chi connectivity index (χ1) is 17.9. The van der Waals surface area contributed by atoms with Crippen LogP contribution in [0.3, 0.4) is 0 Å². The Bertz CT molecular complexity index is 1610. The van der Waals surface area contributed by atoms with E-state index in [2.05, 4.69) is 20.3 Å². The minimum Gasteiger partial charge on any atom is -0.481 e. The predicted octanol–water partition coefficient (Wildman–Crippen LogP) is 3.20.